The molecule has 144 valence electrons. The highest BCUT2D eigenvalue weighted by Crippen LogP contribution is 2.22. The Morgan fingerprint density at radius 1 is 1.22 bits per heavy atom. The second-order valence-electron chi connectivity index (χ2n) is 6.37. The molecule has 1 aromatic carbocycles. The molecular weight excluding hydrogens is 366 g/mol. The minimum atomic E-state index is -3.77. The predicted octanol–water partition coefficient (Wildman–Crippen LogP) is 2.53. The summed E-state index contributed by atoms with van der Waals surface area (Å²) < 4.78 is 35.2. The van der Waals surface area contributed by atoms with E-state index in [-0.39, 0.29) is 10.8 Å². The Hall–Kier alpha value is -2.52. The molecule has 0 saturated heterocycles. The number of sulfonamides is 1. The minimum absolute atomic E-state index is 0.195. The molecule has 8 nitrogen and oxygen atoms in total. The van der Waals surface area contributed by atoms with E-state index in [1.165, 1.54) is 0 Å². The smallest absolute Gasteiger partial charge is 0.244 e. The van der Waals surface area contributed by atoms with E-state index in [2.05, 4.69) is 20.0 Å². The van der Waals surface area contributed by atoms with E-state index >= 15 is 0 Å². The van der Waals surface area contributed by atoms with Crippen LogP contribution in [0.1, 0.15) is 48.6 Å². The molecule has 1 unspecified atom stereocenters. The first kappa shape index (κ1) is 19.2. The SMILES string of the molecule is CCn1nc(C)c(S(=O)(=O)NC(C)c2nc(Cc3ccccc3)no2)c1C. The number of aromatic nitrogens is 4. The van der Waals surface area contributed by atoms with Crippen molar-refractivity contribution in [1.82, 2.24) is 24.6 Å². The van der Waals surface area contributed by atoms with Crippen LogP contribution in [0.4, 0.5) is 0 Å². The zero-order valence-electron chi connectivity index (χ0n) is 15.8. The van der Waals surface area contributed by atoms with Gasteiger partial charge in [0.2, 0.25) is 15.9 Å². The molecule has 0 aliphatic carbocycles. The van der Waals surface area contributed by atoms with Crippen molar-refractivity contribution in [1.29, 1.82) is 0 Å². The summed E-state index contributed by atoms with van der Waals surface area (Å²) in [6.45, 7) is 7.62. The molecule has 0 bridgehead atoms. The third-order valence-electron chi connectivity index (χ3n) is 4.27. The van der Waals surface area contributed by atoms with E-state index in [0.717, 1.165) is 5.56 Å². The molecule has 1 atom stereocenters. The fourth-order valence-corrected chi connectivity index (χ4v) is 4.62. The van der Waals surface area contributed by atoms with Gasteiger partial charge in [-0.3, -0.25) is 4.68 Å². The molecule has 2 aromatic heterocycles. The number of nitrogens with one attached hydrogen (secondary N) is 1. The summed E-state index contributed by atoms with van der Waals surface area (Å²) in [6.07, 6.45) is 0.519. The zero-order chi connectivity index (χ0) is 19.6. The fourth-order valence-electron chi connectivity index (χ4n) is 3.01. The first-order valence-corrected chi connectivity index (χ1v) is 10.2. The van der Waals surface area contributed by atoms with Crippen LogP contribution in [0.3, 0.4) is 0 Å². The van der Waals surface area contributed by atoms with Crippen molar-refractivity contribution >= 4 is 10.0 Å². The molecule has 3 aromatic rings. The molecule has 0 fully saturated rings. The van der Waals surface area contributed by atoms with Gasteiger partial charge >= 0.3 is 0 Å². The number of rotatable bonds is 7. The Kier molecular flexibility index (Phi) is 5.43. The van der Waals surface area contributed by atoms with E-state index in [4.69, 9.17) is 4.52 Å². The average molecular weight is 389 g/mol. The maximum Gasteiger partial charge on any atom is 0.244 e. The van der Waals surface area contributed by atoms with Crippen molar-refractivity contribution in [3.8, 4) is 0 Å². The van der Waals surface area contributed by atoms with Gasteiger partial charge in [0.05, 0.1) is 17.4 Å². The van der Waals surface area contributed by atoms with Crippen molar-refractivity contribution in [3.05, 3.63) is 59.0 Å². The van der Waals surface area contributed by atoms with Crippen LogP contribution >= 0.6 is 0 Å². The van der Waals surface area contributed by atoms with E-state index < -0.39 is 16.1 Å². The molecule has 0 aliphatic rings. The standard InChI is InChI=1S/C18H23N5O3S/c1-5-23-14(4)17(12(2)20-23)27(24,25)22-13(3)18-19-16(21-26-18)11-15-9-7-6-8-10-15/h6-10,13,22H,5,11H2,1-4H3. The number of benzene rings is 1. The molecule has 0 saturated carbocycles. The lowest BCUT2D eigenvalue weighted by atomic mass is 10.1. The molecule has 0 radical (unpaired) electrons. The summed E-state index contributed by atoms with van der Waals surface area (Å²) in [6, 6.07) is 9.10. The van der Waals surface area contributed by atoms with Crippen LogP contribution in [-0.4, -0.2) is 28.3 Å². The van der Waals surface area contributed by atoms with Crippen LogP contribution in [0.15, 0.2) is 39.8 Å². The van der Waals surface area contributed by atoms with Crippen molar-refractivity contribution in [2.45, 2.75) is 51.6 Å². The molecular formula is C18H23N5O3S. The number of aryl methyl sites for hydroxylation is 2. The molecule has 0 amide bonds. The van der Waals surface area contributed by atoms with Gasteiger partial charge in [0.25, 0.3) is 0 Å². The first-order valence-electron chi connectivity index (χ1n) is 8.74. The Morgan fingerprint density at radius 3 is 2.56 bits per heavy atom. The van der Waals surface area contributed by atoms with Gasteiger partial charge in [-0.25, -0.2) is 8.42 Å². The molecule has 0 spiro atoms. The Bertz CT molecular complexity index is 1020. The van der Waals surface area contributed by atoms with Crippen molar-refractivity contribution < 1.29 is 12.9 Å². The van der Waals surface area contributed by atoms with E-state index in [1.54, 1.807) is 25.5 Å². The molecule has 3 rings (SSSR count). The summed E-state index contributed by atoms with van der Waals surface area (Å²) in [5.41, 5.74) is 2.12. The van der Waals surface area contributed by atoms with E-state index in [9.17, 15) is 8.42 Å². The third kappa shape index (κ3) is 4.09. The van der Waals surface area contributed by atoms with Crippen LogP contribution in [-0.2, 0) is 23.0 Å². The van der Waals surface area contributed by atoms with Crippen LogP contribution < -0.4 is 4.72 Å². The van der Waals surface area contributed by atoms with Gasteiger partial charge < -0.3 is 4.52 Å². The maximum atomic E-state index is 12.8. The topological polar surface area (TPSA) is 103 Å². The fraction of sp³-hybridized carbons (Fsp3) is 0.389. The number of nitrogens with zero attached hydrogens (tertiary/aromatic N) is 4. The highest BCUT2D eigenvalue weighted by atomic mass is 32.2. The van der Waals surface area contributed by atoms with Crippen LogP contribution in [0.25, 0.3) is 0 Å². The summed E-state index contributed by atoms with van der Waals surface area (Å²) in [5.74, 6) is 0.733. The highest BCUT2D eigenvalue weighted by molar-refractivity contribution is 7.89. The normalized spacial score (nSPS) is 13.0. The maximum absolute atomic E-state index is 12.8. The number of hydrogen-bond acceptors (Lipinski definition) is 6. The first-order chi connectivity index (χ1) is 12.8. The van der Waals surface area contributed by atoms with Crippen molar-refractivity contribution in [2.24, 2.45) is 0 Å². The van der Waals surface area contributed by atoms with Gasteiger partial charge in [-0.05, 0) is 33.3 Å². The molecule has 1 N–H and O–H groups in total. The molecule has 27 heavy (non-hydrogen) atoms. The second kappa shape index (κ2) is 7.61. The lowest BCUT2D eigenvalue weighted by Crippen LogP contribution is -2.28. The minimum Gasteiger partial charge on any atom is -0.338 e. The van der Waals surface area contributed by atoms with Crippen LogP contribution in [0.2, 0.25) is 0 Å². The molecule has 0 aliphatic heterocycles. The van der Waals surface area contributed by atoms with Gasteiger partial charge in [-0.2, -0.15) is 14.8 Å². The third-order valence-corrected chi connectivity index (χ3v) is 6.07. The molecule has 9 heteroatoms. The van der Waals surface area contributed by atoms with E-state index in [1.807, 2.05) is 37.3 Å². The van der Waals surface area contributed by atoms with Crippen LogP contribution in [0.5, 0.6) is 0 Å². The van der Waals surface area contributed by atoms with Gasteiger partial charge in [0.1, 0.15) is 4.90 Å². The van der Waals surface area contributed by atoms with E-state index in [0.29, 0.717) is 30.2 Å². The Balaban J connectivity index is 1.77. The largest absolute Gasteiger partial charge is 0.338 e. The van der Waals surface area contributed by atoms with Gasteiger partial charge in [0.15, 0.2) is 5.82 Å². The summed E-state index contributed by atoms with van der Waals surface area (Å²) in [7, 11) is -3.77. The lowest BCUT2D eigenvalue weighted by Gasteiger charge is -2.11. The van der Waals surface area contributed by atoms with Gasteiger partial charge in [0, 0.05) is 13.0 Å². The quantitative estimate of drug-likeness (QED) is 0.666. The lowest BCUT2D eigenvalue weighted by molar-refractivity contribution is 0.350. The number of hydrogen-bond donors (Lipinski definition) is 1. The summed E-state index contributed by atoms with van der Waals surface area (Å²) >= 11 is 0. The molecule has 2 heterocycles. The average Bonchev–Trinajstić information content (AvgIpc) is 3.19. The second-order valence-corrected chi connectivity index (χ2v) is 8.02. The van der Waals surface area contributed by atoms with Crippen LogP contribution in [0, 0.1) is 13.8 Å². The van der Waals surface area contributed by atoms with Gasteiger partial charge in [-0.1, -0.05) is 35.5 Å². The predicted molar refractivity (Wildman–Crippen MR) is 99.7 cm³/mol. The zero-order valence-corrected chi connectivity index (χ0v) is 16.6. The van der Waals surface area contributed by atoms with Crippen molar-refractivity contribution in [2.75, 3.05) is 0 Å². The Labute approximate surface area is 158 Å². The van der Waals surface area contributed by atoms with Crippen molar-refractivity contribution in [3.63, 3.8) is 0 Å². The monoisotopic (exact) mass is 389 g/mol. The summed E-state index contributed by atoms with van der Waals surface area (Å²) in [4.78, 5) is 4.52. The Morgan fingerprint density at radius 2 is 1.93 bits per heavy atom. The highest BCUT2D eigenvalue weighted by Gasteiger charge is 2.28. The van der Waals surface area contributed by atoms with Gasteiger partial charge in [-0.15, -0.1) is 0 Å². The summed E-state index contributed by atoms with van der Waals surface area (Å²) in [5, 5.41) is 8.22.